The number of pyridine rings is 1. The van der Waals surface area contributed by atoms with Crippen LogP contribution in [0.1, 0.15) is 10.5 Å². The van der Waals surface area contributed by atoms with E-state index in [0.717, 1.165) is 4.57 Å². The van der Waals surface area contributed by atoms with Gasteiger partial charge in [-0.25, -0.2) is 14.2 Å². The third-order valence-electron chi connectivity index (χ3n) is 4.41. The molecule has 0 fully saturated rings. The lowest BCUT2D eigenvalue weighted by atomic mass is 10.2. The average molecular weight is 367 g/mol. The molecule has 0 aliphatic heterocycles. The molecule has 0 saturated heterocycles. The second-order valence-corrected chi connectivity index (χ2v) is 6.14. The molecule has 1 amide bonds. The highest BCUT2D eigenvalue weighted by Crippen LogP contribution is 2.20. The summed E-state index contributed by atoms with van der Waals surface area (Å²) in [5, 5.41) is 3.12. The summed E-state index contributed by atoms with van der Waals surface area (Å²) in [6.07, 6.45) is 1.35. The van der Waals surface area contributed by atoms with Crippen LogP contribution in [0, 0.1) is 5.82 Å². The number of aromatic nitrogens is 4. The number of rotatable bonds is 2. The topological polar surface area (TPSA) is 102 Å². The van der Waals surface area contributed by atoms with E-state index in [1.807, 2.05) is 0 Å². The van der Waals surface area contributed by atoms with Crippen LogP contribution in [-0.2, 0) is 14.1 Å². The molecule has 1 aromatic carbocycles. The second-order valence-electron chi connectivity index (χ2n) is 6.14. The van der Waals surface area contributed by atoms with Gasteiger partial charge in [-0.2, -0.15) is 0 Å². The summed E-state index contributed by atoms with van der Waals surface area (Å²) < 4.78 is 16.0. The van der Waals surface area contributed by atoms with Gasteiger partial charge in [-0.05, 0) is 24.3 Å². The summed E-state index contributed by atoms with van der Waals surface area (Å²) in [6.45, 7) is 0. The van der Waals surface area contributed by atoms with Crippen molar-refractivity contribution < 1.29 is 9.18 Å². The average Bonchev–Trinajstić information content (AvgIpc) is 3.10. The van der Waals surface area contributed by atoms with Crippen molar-refractivity contribution in [1.82, 2.24) is 19.1 Å². The van der Waals surface area contributed by atoms with Crippen molar-refractivity contribution in [3.63, 3.8) is 0 Å². The number of aromatic amines is 1. The zero-order chi connectivity index (χ0) is 19.3. The Morgan fingerprint density at radius 2 is 1.93 bits per heavy atom. The van der Waals surface area contributed by atoms with E-state index in [0.29, 0.717) is 10.9 Å². The quantitative estimate of drug-likeness (QED) is 0.561. The van der Waals surface area contributed by atoms with Crippen molar-refractivity contribution in [1.29, 1.82) is 0 Å². The number of nitrogens with one attached hydrogen (secondary N) is 2. The van der Waals surface area contributed by atoms with Gasteiger partial charge in [0.25, 0.3) is 11.5 Å². The van der Waals surface area contributed by atoms with E-state index in [1.54, 1.807) is 12.1 Å². The Labute approximate surface area is 150 Å². The Hall–Kier alpha value is -3.75. The van der Waals surface area contributed by atoms with Gasteiger partial charge >= 0.3 is 5.69 Å². The number of amides is 1. The highest BCUT2D eigenvalue weighted by molar-refractivity contribution is 6.06. The van der Waals surface area contributed by atoms with Crippen molar-refractivity contribution in [3.05, 3.63) is 68.9 Å². The predicted molar refractivity (Wildman–Crippen MR) is 98.4 cm³/mol. The third-order valence-corrected chi connectivity index (χ3v) is 4.41. The molecule has 4 aromatic rings. The van der Waals surface area contributed by atoms with E-state index in [9.17, 15) is 18.8 Å². The van der Waals surface area contributed by atoms with Crippen molar-refractivity contribution in [3.8, 4) is 0 Å². The molecule has 27 heavy (non-hydrogen) atoms. The Morgan fingerprint density at radius 3 is 2.67 bits per heavy atom. The number of aryl methyl sites for hydroxylation is 1. The number of halogens is 1. The van der Waals surface area contributed by atoms with Crippen LogP contribution in [0.5, 0.6) is 0 Å². The molecule has 3 heterocycles. The molecular weight excluding hydrogens is 353 g/mol. The number of anilines is 1. The van der Waals surface area contributed by atoms with Crippen LogP contribution in [0.15, 0.2) is 46.1 Å². The number of nitrogens with zero attached hydrogens (tertiary/aromatic N) is 3. The molecule has 8 nitrogen and oxygen atoms in total. The van der Waals surface area contributed by atoms with Gasteiger partial charge in [-0.15, -0.1) is 0 Å². The van der Waals surface area contributed by atoms with E-state index >= 15 is 0 Å². The summed E-state index contributed by atoms with van der Waals surface area (Å²) in [4.78, 5) is 43.7. The molecule has 2 N–H and O–H groups in total. The highest BCUT2D eigenvalue weighted by atomic mass is 19.1. The number of benzene rings is 1. The van der Waals surface area contributed by atoms with Gasteiger partial charge in [0.2, 0.25) is 0 Å². The molecule has 3 aromatic heterocycles. The molecule has 9 heteroatoms. The van der Waals surface area contributed by atoms with E-state index in [-0.39, 0.29) is 22.4 Å². The Balaban J connectivity index is 1.74. The molecule has 4 rings (SSSR count). The van der Waals surface area contributed by atoms with Gasteiger partial charge < -0.3 is 10.3 Å². The van der Waals surface area contributed by atoms with Crippen LogP contribution >= 0.6 is 0 Å². The SMILES string of the molecule is Cn1c(=O)c2cc(NC(=O)c3cc4c(F)cccc4[nH]3)cnc2n(C)c1=O. The Bertz CT molecular complexity index is 1350. The number of hydrogen-bond donors (Lipinski definition) is 2. The Kier molecular flexibility index (Phi) is 3.65. The van der Waals surface area contributed by atoms with Gasteiger partial charge in [0.1, 0.15) is 17.2 Å². The molecule has 0 unspecified atom stereocenters. The lowest BCUT2D eigenvalue weighted by molar-refractivity contribution is 0.102. The first-order valence-corrected chi connectivity index (χ1v) is 8.01. The molecule has 136 valence electrons. The Morgan fingerprint density at radius 1 is 1.15 bits per heavy atom. The first-order chi connectivity index (χ1) is 12.9. The van der Waals surface area contributed by atoms with Gasteiger partial charge in [0.05, 0.1) is 17.3 Å². The van der Waals surface area contributed by atoms with Crippen molar-refractivity contribution >= 4 is 33.5 Å². The zero-order valence-corrected chi connectivity index (χ0v) is 14.4. The van der Waals surface area contributed by atoms with Crippen LogP contribution < -0.4 is 16.6 Å². The number of carbonyl (C=O) groups excluding carboxylic acids is 1. The van der Waals surface area contributed by atoms with E-state index in [2.05, 4.69) is 15.3 Å². The smallest absolute Gasteiger partial charge is 0.332 e. The summed E-state index contributed by atoms with van der Waals surface area (Å²) in [7, 11) is 2.88. The van der Waals surface area contributed by atoms with Gasteiger partial charge in [-0.3, -0.25) is 18.7 Å². The fraction of sp³-hybridized carbons (Fsp3) is 0.111. The van der Waals surface area contributed by atoms with Crippen LogP contribution in [-0.4, -0.2) is 25.0 Å². The van der Waals surface area contributed by atoms with Crippen LogP contribution in [0.3, 0.4) is 0 Å². The lowest BCUT2D eigenvalue weighted by Crippen LogP contribution is -2.37. The van der Waals surface area contributed by atoms with Crippen molar-refractivity contribution in [2.24, 2.45) is 14.1 Å². The minimum absolute atomic E-state index is 0.170. The number of fused-ring (bicyclic) bond motifs is 2. The molecule has 0 bridgehead atoms. The first-order valence-electron chi connectivity index (χ1n) is 8.01. The summed E-state index contributed by atoms with van der Waals surface area (Å²) in [5.74, 6) is -0.937. The maximum absolute atomic E-state index is 13.8. The molecule has 0 aliphatic rings. The zero-order valence-electron chi connectivity index (χ0n) is 14.4. The lowest BCUT2D eigenvalue weighted by Gasteiger charge is -2.08. The van der Waals surface area contributed by atoms with Gasteiger partial charge in [0, 0.05) is 25.0 Å². The van der Waals surface area contributed by atoms with Crippen LogP contribution in [0.4, 0.5) is 10.1 Å². The standard InChI is InChI=1S/C18H14FN5O3/c1-23-15-11(17(26)24(2)18(23)27)6-9(8-20-15)21-16(25)14-7-10-12(19)4-3-5-13(10)22-14/h3-8,22H,1-2H3,(H,21,25). The molecule has 0 spiro atoms. The fourth-order valence-corrected chi connectivity index (χ4v) is 2.97. The number of H-pyrrole nitrogens is 1. The van der Waals surface area contributed by atoms with E-state index in [4.69, 9.17) is 0 Å². The molecule has 0 aliphatic carbocycles. The normalized spacial score (nSPS) is 11.2. The van der Waals surface area contributed by atoms with Gasteiger partial charge in [-0.1, -0.05) is 6.07 Å². The van der Waals surface area contributed by atoms with E-state index < -0.39 is 23.0 Å². The van der Waals surface area contributed by atoms with E-state index in [1.165, 1.54) is 43.1 Å². The summed E-state index contributed by atoms with van der Waals surface area (Å²) >= 11 is 0. The molecule has 0 radical (unpaired) electrons. The molecule has 0 saturated carbocycles. The molecule has 0 atom stereocenters. The first kappa shape index (κ1) is 16.7. The molecular formula is C18H14FN5O3. The van der Waals surface area contributed by atoms with Crippen LogP contribution in [0.25, 0.3) is 21.9 Å². The van der Waals surface area contributed by atoms with Crippen molar-refractivity contribution in [2.75, 3.05) is 5.32 Å². The number of carbonyl (C=O) groups is 1. The third kappa shape index (κ3) is 2.60. The predicted octanol–water partition coefficient (Wildman–Crippen LogP) is 1.50. The highest BCUT2D eigenvalue weighted by Gasteiger charge is 2.14. The maximum Gasteiger partial charge on any atom is 0.332 e. The monoisotopic (exact) mass is 367 g/mol. The van der Waals surface area contributed by atoms with Gasteiger partial charge in [0.15, 0.2) is 0 Å². The fourth-order valence-electron chi connectivity index (χ4n) is 2.97. The number of hydrogen-bond acceptors (Lipinski definition) is 4. The minimum Gasteiger partial charge on any atom is -0.350 e. The van der Waals surface area contributed by atoms with Crippen LogP contribution in [0.2, 0.25) is 0 Å². The minimum atomic E-state index is -0.510. The summed E-state index contributed by atoms with van der Waals surface area (Å²) in [5.41, 5.74) is 0.168. The largest absolute Gasteiger partial charge is 0.350 e. The maximum atomic E-state index is 13.8. The second kappa shape index (κ2) is 5.90. The summed E-state index contributed by atoms with van der Waals surface area (Å²) in [6, 6.07) is 7.38. The van der Waals surface area contributed by atoms with Crippen molar-refractivity contribution in [2.45, 2.75) is 0 Å².